The zero-order valence-electron chi connectivity index (χ0n) is 5.11. The van der Waals surface area contributed by atoms with Gasteiger partial charge in [-0.05, 0) is 26.0 Å². The lowest BCUT2D eigenvalue weighted by Gasteiger charge is -1.83. The fourth-order valence-corrected chi connectivity index (χ4v) is 0.309. The van der Waals surface area contributed by atoms with Crippen LogP contribution in [-0.4, -0.2) is 0 Å². The predicted molar refractivity (Wildman–Crippen MR) is 37.6 cm³/mol. The Labute approximate surface area is 54.8 Å². The monoisotopic (exact) mass is 131 g/mol. The molecular weight excluding hydrogens is 122 g/mol. The van der Waals surface area contributed by atoms with Gasteiger partial charge in [0.15, 0.2) is 0 Å². The van der Waals surface area contributed by atoms with E-state index in [0.29, 0.717) is 0 Å². The van der Waals surface area contributed by atoms with E-state index >= 15 is 0 Å². The molecule has 0 aliphatic carbocycles. The Morgan fingerprint density at radius 2 is 1.88 bits per heavy atom. The summed E-state index contributed by atoms with van der Waals surface area (Å²) in [7, 11) is 0. The molecule has 0 saturated heterocycles. The normalized spacial score (nSPS) is 14.4. The van der Waals surface area contributed by atoms with Crippen LogP contribution in [0.4, 0.5) is 0 Å². The predicted octanol–water partition coefficient (Wildman–Crippen LogP) is 1.99. The van der Waals surface area contributed by atoms with Crippen LogP contribution in [0.2, 0.25) is 0 Å². The molecule has 0 spiro atoms. The molecule has 0 fully saturated rings. The van der Waals surface area contributed by atoms with Crippen molar-refractivity contribution in [3.63, 3.8) is 0 Å². The van der Waals surface area contributed by atoms with Crippen molar-refractivity contribution in [3.8, 4) is 0 Å². The van der Waals surface area contributed by atoms with E-state index in [9.17, 15) is 0 Å². The van der Waals surface area contributed by atoms with Crippen LogP contribution in [-0.2, 0) is 0 Å². The third-order valence-electron chi connectivity index (χ3n) is 0.576. The summed E-state index contributed by atoms with van der Waals surface area (Å²) >= 11 is 5.48. The van der Waals surface area contributed by atoms with E-state index in [0.717, 1.165) is 10.7 Å². The average molecular weight is 132 g/mol. The molecule has 0 heterocycles. The number of halogens is 1. The summed E-state index contributed by atoms with van der Waals surface area (Å²) in [4.78, 5) is 0. The van der Waals surface area contributed by atoms with Gasteiger partial charge in [0.25, 0.3) is 0 Å². The second-order valence-electron chi connectivity index (χ2n) is 1.66. The van der Waals surface area contributed by atoms with Crippen molar-refractivity contribution in [2.24, 2.45) is 5.73 Å². The highest BCUT2D eigenvalue weighted by atomic mass is 35.5. The van der Waals surface area contributed by atoms with Crippen molar-refractivity contribution in [1.29, 1.82) is 0 Å². The van der Waals surface area contributed by atoms with Gasteiger partial charge in [0.1, 0.15) is 0 Å². The maximum atomic E-state index is 5.48. The Balaban J connectivity index is 3.76. The minimum Gasteiger partial charge on any atom is -0.402 e. The first-order valence-corrected chi connectivity index (χ1v) is 2.77. The third kappa shape index (κ3) is 5.57. The number of rotatable bonds is 1. The van der Waals surface area contributed by atoms with Gasteiger partial charge in [0.2, 0.25) is 0 Å². The third-order valence-corrected chi connectivity index (χ3v) is 0.702. The summed E-state index contributed by atoms with van der Waals surface area (Å²) < 4.78 is 0. The SMILES string of the molecule is C/C(N)=C/C=C(\C)Cl. The number of nitrogens with two attached hydrogens (primary N) is 1. The maximum Gasteiger partial charge on any atom is 0.0150 e. The van der Waals surface area contributed by atoms with Crippen molar-refractivity contribution in [2.75, 3.05) is 0 Å². The van der Waals surface area contributed by atoms with Crippen LogP contribution in [0.1, 0.15) is 13.8 Å². The summed E-state index contributed by atoms with van der Waals surface area (Å²) in [6, 6.07) is 0. The van der Waals surface area contributed by atoms with Gasteiger partial charge in [-0.1, -0.05) is 11.6 Å². The molecule has 1 nitrogen and oxygen atoms in total. The van der Waals surface area contributed by atoms with Crippen LogP contribution in [0, 0.1) is 0 Å². The first-order chi connectivity index (χ1) is 3.63. The Morgan fingerprint density at radius 3 is 2.00 bits per heavy atom. The van der Waals surface area contributed by atoms with Crippen LogP contribution >= 0.6 is 11.6 Å². The molecule has 0 radical (unpaired) electrons. The van der Waals surface area contributed by atoms with E-state index in [1.54, 1.807) is 19.1 Å². The molecule has 0 rings (SSSR count). The molecule has 46 valence electrons. The van der Waals surface area contributed by atoms with Crippen molar-refractivity contribution >= 4 is 11.6 Å². The minimum absolute atomic E-state index is 0.745. The van der Waals surface area contributed by atoms with E-state index in [1.165, 1.54) is 0 Å². The van der Waals surface area contributed by atoms with Crippen LogP contribution in [0.3, 0.4) is 0 Å². The summed E-state index contributed by atoms with van der Waals surface area (Å²) in [5.41, 5.74) is 6.07. The van der Waals surface area contributed by atoms with Gasteiger partial charge in [0.05, 0.1) is 0 Å². The molecular formula is C6H10ClN. The fourth-order valence-electron chi connectivity index (χ4n) is 0.246. The smallest absolute Gasteiger partial charge is 0.0150 e. The average Bonchev–Trinajstić information content (AvgIpc) is 1.61. The Hall–Kier alpha value is -0.430. The molecule has 0 aliphatic rings. The van der Waals surface area contributed by atoms with Crippen LogP contribution in [0.15, 0.2) is 22.9 Å². The molecule has 0 aliphatic heterocycles. The highest BCUT2D eigenvalue weighted by Gasteiger charge is 1.74. The standard InChI is InChI=1S/C6H10ClN/c1-5(7)3-4-6(2)8/h3-4H,8H2,1-2H3/b5-3+,6-4-. The summed E-state index contributed by atoms with van der Waals surface area (Å²) in [6.07, 6.45) is 3.53. The van der Waals surface area contributed by atoms with E-state index in [-0.39, 0.29) is 0 Å². The topological polar surface area (TPSA) is 26.0 Å². The molecule has 0 unspecified atom stereocenters. The maximum absolute atomic E-state index is 5.48. The molecule has 2 N–H and O–H groups in total. The lowest BCUT2D eigenvalue weighted by Crippen LogP contribution is -1.87. The number of hydrogen-bond donors (Lipinski definition) is 1. The van der Waals surface area contributed by atoms with E-state index in [2.05, 4.69) is 0 Å². The zero-order valence-corrected chi connectivity index (χ0v) is 5.87. The first-order valence-electron chi connectivity index (χ1n) is 2.39. The van der Waals surface area contributed by atoms with Gasteiger partial charge in [-0.25, -0.2) is 0 Å². The Morgan fingerprint density at radius 1 is 1.38 bits per heavy atom. The quantitative estimate of drug-likeness (QED) is 0.542. The van der Waals surface area contributed by atoms with E-state index < -0.39 is 0 Å². The molecule has 0 amide bonds. The largest absolute Gasteiger partial charge is 0.402 e. The molecule has 0 aromatic carbocycles. The number of hydrogen-bond acceptors (Lipinski definition) is 1. The van der Waals surface area contributed by atoms with E-state index in [4.69, 9.17) is 17.3 Å². The Bertz CT molecular complexity index is 100. The highest BCUT2D eigenvalue weighted by Crippen LogP contribution is 1.97. The van der Waals surface area contributed by atoms with Crippen molar-refractivity contribution in [1.82, 2.24) is 0 Å². The molecule has 8 heavy (non-hydrogen) atoms. The van der Waals surface area contributed by atoms with E-state index in [1.807, 2.05) is 6.92 Å². The zero-order chi connectivity index (χ0) is 6.57. The highest BCUT2D eigenvalue weighted by molar-refractivity contribution is 6.29. The van der Waals surface area contributed by atoms with Crippen LogP contribution in [0.5, 0.6) is 0 Å². The lowest BCUT2D eigenvalue weighted by molar-refractivity contribution is 1.31. The van der Waals surface area contributed by atoms with Gasteiger partial charge >= 0.3 is 0 Å². The molecule has 0 aromatic heterocycles. The molecule has 2 heteroatoms. The first kappa shape index (κ1) is 7.57. The molecule has 0 atom stereocenters. The molecule has 0 bridgehead atoms. The van der Waals surface area contributed by atoms with Crippen LogP contribution < -0.4 is 5.73 Å². The fraction of sp³-hybridized carbons (Fsp3) is 0.333. The van der Waals surface area contributed by atoms with Gasteiger partial charge in [-0.3, -0.25) is 0 Å². The molecule has 0 aromatic rings. The second kappa shape index (κ2) is 3.56. The second-order valence-corrected chi connectivity index (χ2v) is 2.26. The molecule has 0 saturated carbocycles. The van der Waals surface area contributed by atoms with Gasteiger partial charge < -0.3 is 5.73 Å². The summed E-state index contributed by atoms with van der Waals surface area (Å²) in [5, 5.41) is 0.745. The summed E-state index contributed by atoms with van der Waals surface area (Å²) in [5.74, 6) is 0. The van der Waals surface area contributed by atoms with Gasteiger partial charge in [0, 0.05) is 10.7 Å². The lowest BCUT2D eigenvalue weighted by atomic mass is 10.4. The summed E-state index contributed by atoms with van der Waals surface area (Å²) in [6.45, 7) is 3.62. The van der Waals surface area contributed by atoms with Crippen LogP contribution in [0.25, 0.3) is 0 Å². The van der Waals surface area contributed by atoms with Crippen molar-refractivity contribution < 1.29 is 0 Å². The van der Waals surface area contributed by atoms with Crippen molar-refractivity contribution in [3.05, 3.63) is 22.9 Å². The van der Waals surface area contributed by atoms with Gasteiger partial charge in [-0.2, -0.15) is 0 Å². The van der Waals surface area contributed by atoms with Crippen molar-refractivity contribution in [2.45, 2.75) is 13.8 Å². The minimum atomic E-state index is 0.745. The Kier molecular flexibility index (Phi) is 3.37. The number of allylic oxidation sites excluding steroid dienone is 4. The van der Waals surface area contributed by atoms with Gasteiger partial charge in [-0.15, -0.1) is 0 Å².